The lowest BCUT2D eigenvalue weighted by molar-refractivity contribution is -0.186. The maximum Gasteiger partial charge on any atom is 0.329 e. The van der Waals surface area contributed by atoms with Crippen LogP contribution in [0, 0.1) is 0 Å². The highest BCUT2D eigenvalue weighted by Crippen LogP contribution is 2.16. The van der Waals surface area contributed by atoms with Gasteiger partial charge >= 0.3 is 5.97 Å². The molecule has 0 heterocycles. The lowest BCUT2D eigenvalue weighted by Gasteiger charge is -2.22. The molecule has 0 fully saturated rings. The minimum atomic E-state index is -1.54. The van der Waals surface area contributed by atoms with Crippen LogP contribution in [-0.2, 0) is 19.2 Å². The van der Waals surface area contributed by atoms with Crippen molar-refractivity contribution in [1.29, 1.82) is 0 Å². The van der Waals surface area contributed by atoms with Crippen molar-refractivity contribution in [2.75, 3.05) is 12.4 Å². The highest BCUT2D eigenvalue weighted by Gasteiger charge is 2.28. The van der Waals surface area contributed by atoms with Crippen molar-refractivity contribution < 1.29 is 34.2 Å². The van der Waals surface area contributed by atoms with E-state index < -0.39 is 23.8 Å². The Hall–Kier alpha value is -3.14. The first-order valence-electron chi connectivity index (χ1n) is 8.70. The molecular formula is C18H25N3O7. The van der Waals surface area contributed by atoms with E-state index in [1.807, 2.05) is 0 Å². The number of nitrogens with one attached hydrogen (secondary N) is 1. The number of ether oxygens (including phenoxy) is 1. The number of rotatable bonds is 12. The smallest absolute Gasteiger partial charge is 0.329 e. The van der Waals surface area contributed by atoms with E-state index >= 15 is 0 Å². The molecule has 0 aliphatic heterocycles. The lowest BCUT2D eigenvalue weighted by atomic mass is 10.1. The number of carbonyl (C=O) groups excluding carboxylic acids is 3. The van der Waals surface area contributed by atoms with Crippen LogP contribution < -0.4 is 15.8 Å². The summed E-state index contributed by atoms with van der Waals surface area (Å²) >= 11 is 0. The highest BCUT2D eigenvalue weighted by atomic mass is 16.5. The summed E-state index contributed by atoms with van der Waals surface area (Å²) in [5.74, 6) is -2.53. The molecule has 10 nitrogen and oxygen atoms in total. The summed E-state index contributed by atoms with van der Waals surface area (Å²) in [5.41, 5.74) is 5.57. The van der Waals surface area contributed by atoms with Crippen LogP contribution in [0.15, 0.2) is 24.3 Å². The van der Waals surface area contributed by atoms with E-state index in [4.69, 9.17) is 15.6 Å². The van der Waals surface area contributed by atoms with Gasteiger partial charge in [0.25, 0.3) is 0 Å². The van der Waals surface area contributed by atoms with Crippen LogP contribution in [0.3, 0.4) is 0 Å². The summed E-state index contributed by atoms with van der Waals surface area (Å²) in [6.45, 7) is 0. The van der Waals surface area contributed by atoms with Crippen molar-refractivity contribution in [1.82, 2.24) is 5.06 Å². The number of anilines is 1. The molecule has 0 aromatic heterocycles. The second kappa shape index (κ2) is 11.5. The minimum absolute atomic E-state index is 0.114. The van der Waals surface area contributed by atoms with E-state index in [9.17, 15) is 24.4 Å². The molecule has 5 N–H and O–H groups in total. The van der Waals surface area contributed by atoms with Crippen LogP contribution in [0.1, 0.15) is 38.5 Å². The predicted molar refractivity (Wildman–Crippen MR) is 98.6 cm³/mol. The number of carboxylic acid groups (broad SMARTS) is 1. The van der Waals surface area contributed by atoms with Crippen LogP contribution in [0.5, 0.6) is 5.75 Å². The molecule has 0 saturated heterocycles. The normalized spacial score (nSPS) is 11.4. The summed E-state index contributed by atoms with van der Waals surface area (Å²) in [7, 11) is 1.54. The standard InChI is InChI=1S/C18H25N3O7/c1-28-13-8-6-12(7-9-13)20-16(23)4-2-3-5-17(24)21(27)14(18(25)26)10-11-15(19)22/h6-9,14,27H,2-5,10-11H2,1H3,(H2,19,22)(H,20,23)(H,25,26)/t14-/m0/s1. The second-order valence-electron chi connectivity index (χ2n) is 6.08. The Labute approximate surface area is 162 Å². The second-order valence-corrected chi connectivity index (χ2v) is 6.08. The van der Waals surface area contributed by atoms with Gasteiger partial charge in [-0.15, -0.1) is 0 Å². The minimum Gasteiger partial charge on any atom is -0.497 e. The van der Waals surface area contributed by atoms with Crippen molar-refractivity contribution in [2.24, 2.45) is 5.73 Å². The first-order chi connectivity index (χ1) is 13.2. The summed E-state index contributed by atoms with van der Waals surface area (Å²) in [4.78, 5) is 45.7. The van der Waals surface area contributed by atoms with Crippen LogP contribution >= 0.6 is 0 Å². The van der Waals surface area contributed by atoms with E-state index in [2.05, 4.69) is 5.32 Å². The van der Waals surface area contributed by atoms with Gasteiger partial charge in [0.05, 0.1) is 7.11 Å². The topological polar surface area (TPSA) is 159 Å². The van der Waals surface area contributed by atoms with Crippen molar-refractivity contribution in [3.8, 4) is 5.75 Å². The molecule has 154 valence electrons. The Bertz CT molecular complexity index is 691. The van der Waals surface area contributed by atoms with Gasteiger partial charge in [-0.25, -0.2) is 9.86 Å². The van der Waals surface area contributed by atoms with Gasteiger partial charge in [0, 0.05) is 24.9 Å². The molecule has 0 bridgehead atoms. The molecular weight excluding hydrogens is 370 g/mol. The molecule has 0 aliphatic rings. The zero-order valence-electron chi connectivity index (χ0n) is 15.6. The number of hydrogen-bond donors (Lipinski definition) is 4. The number of primary amides is 1. The van der Waals surface area contributed by atoms with Gasteiger partial charge in [-0.1, -0.05) is 0 Å². The van der Waals surface area contributed by atoms with Gasteiger partial charge in [0.2, 0.25) is 17.7 Å². The number of nitrogens with zero attached hydrogens (tertiary/aromatic N) is 1. The first kappa shape index (κ1) is 22.9. The van der Waals surface area contributed by atoms with Crippen LogP contribution in [0.25, 0.3) is 0 Å². The van der Waals surface area contributed by atoms with E-state index in [1.54, 1.807) is 31.4 Å². The summed E-state index contributed by atoms with van der Waals surface area (Å²) < 4.78 is 5.03. The number of nitrogens with two attached hydrogens (primary N) is 1. The lowest BCUT2D eigenvalue weighted by Crippen LogP contribution is -2.43. The SMILES string of the molecule is COc1ccc(NC(=O)CCCCC(=O)N(O)[C@@H](CCC(N)=O)C(=O)O)cc1. The highest BCUT2D eigenvalue weighted by molar-refractivity contribution is 5.90. The average molecular weight is 395 g/mol. The van der Waals surface area contributed by atoms with Gasteiger partial charge < -0.3 is 20.9 Å². The van der Waals surface area contributed by atoms with Gasteiger partial charge in [-0.3, -0.25) is 19.6 Å². The molecule has 1 rings (SSSR count). The Morgan fingerprint density at radius 1 is 1.11 bits per heavy atom. The van der Waals surface area contributed by atoms with Crippen molar-refractivity contribution in [3.63, 3.8) is 0 Å². The summed E-state index contributed by atoms with van der Waals surface area (Å²) in [5, 5.41) is 21.6. The maximum atomic E-state index is 11.9. The van der Waals surface area contributed by atoms with E-state index in [0.717, 1.165) is 0 Å². The fraction of sp³-hybridized carbons (Fsp3) is 0.444. The van der Waals surface area contributed by atoms with Crippen LogP contribution in [0.4, 0.5) is 5.69 Å². The molecule has 28 heavy (non-hydrogen) atoms. The number of hydrogen-bond acceptors (Lipinski definition) is 6. The number of unbranched alkanes of at least 4 members (excludes halogenated alkanes) is 1. The molecule has 1 atom stereocenters. The third kappa shape index (κ3) is 8.04. The summed E-state index contributed by atoms with van der Waals surface area (Å²) in [6, 6.07) is 5.27. The zero-order valence-corrected chi connectivity index (χ0v) is 15.6. The maximum absolute atomic E-state index is 11.9. The van der Waals surface area contributed by atoms with E-state index in [1.165, 1.54) is 0 Å². The predicted octanol–water partition coefficient (Wildman–Crippen LogP) is 1.13. The molecule has 0 aliphatic carbocycles. The molecule has 0 spiro atoms. The van der Waals surface area contributed by atoms with Crippen molar-refractivity contribution >= 4 is 29.4 Å². The van der Waals surface area contributed by atoms with Crippen LogP contribution in [0.2, 0.25) is 0 Å². The Kier molecular flexibility index (Phi) is 9.44. The fourth-order valence-electron chi connectivity index (χ4n) is 2.38. The Morgan fingerprint density at radius 3 is 2.25 bits per heavy atom. The Balaban J connectivity index is 2.36. The molecule has 3 amide bonds. The van der Waals surface area contributed by atoms with Gasteiger partial charge in [-0.05, 0) is 43.5 Å². The molecule has 0 unspecified atom stereocenters. The third-order valence-corrected chi connectivity index (χ3v) is 3.92. The number of methoxy groups -OCH3 is 1. The van der Waals surface area contributed by atoms with Crippen LogP contribution in [-0.4, -0.2) is 52.2 Å². The van der Waals surface area contributed by atoms with Gasteiger partial charge in [0.1, 0.15) is 5.75 Å². The average Bonchev–Trinajstić information content (AvgIpc) is 2.65. The molecule has 10 heteroatoms. The third-order valence-electron chi connectivity index (χ3n) is 3.92. The first-order valence-corrected chi connectivity index (χ1v) is 8.70. The van der Waals surface area contributed by atoms with E-state index in [0.29, 0.717) is 17.9 Å². The van der Waals surface area contributed by atoms with Gasteiger partial charge in [-0.2, -0.15) is 0 Å². The monoisotopic (exact) mass is 395 g/mol. The number of hydroxylamine groups is 2. The molecule has 1 aromatic rings. The molecule has 0 saturated carbocycles. The number of amides is 3. The molecule has 1 aromatic carbocycles. The number of carbonyl (C=O) groups is 4. The molecule has 0 radical (unpaired) electrons. The number of benzene rings is 1. The number of aliphatic carboxylic acids is 1. The summed E-state index contributed by atoms with van der Waals surface area (Å²) in [6.07, 6.45) is 0.139. The van der Waals surface area contributed by atoms with Crippen molar-refractivity contribution in [2.45, 2.75) is 44.6 Å². The fourth-order valence-corrected chi connectivity index (χ4v) is 2.38. The van der Waals surface area contributed by atoms with Gasteiger partial charge in [0.15, 0.2) is 6.04 Å². The van der Waals surface area contributed by atoms with E-state index in [-0.39, 0.29) is 43.1 Å². The largest absolute Gasteiger partial charge is 0.497 e. The zero-order chi connectivity index (χ0) is 21.1. The Morgan fingerprint density at radius 2 is 1.71 bits per heavy atom. The number of carboxylic acids is 1. The van der Waals surface area contributed by atoms with Crippen molar-refractivity contribution in [3.05, 3.63) is 24.3 Å². The quantitative estimate of drug-likeness (QED) is 0.234.